The monoisotopic (exact) mass is 220 g/mol. The molecule has 0 aromatic rings. The SMILES string of the molecule is CCCC[C@@H]1O[C@H](CO)[C@H](O)[C@H](O)[C@H]1O. The Kier molecular flexibility index (Phi) is 4.95. The van der Waals surface area contributed by atoms with Crippen molar-refractivity contribution in [3.63, 3.8) is 0 Å². The second kappa shape index (κ2) is 5.77. The Labute approximate surface area is 89.3 Å². The van der Waals surface area contributed by atoms with Crippen molar-refractivity contribution in [1.82, 2.24) is 0 Å². The maximum Gasteiger partial charge on any atom is 0.111 e. The molecule has 0 spiro atoms. The smallest absolute Gasteiger partial charge is 0.111 e. The van der Waals surface area contributed by atoms with Gasteiger partial charge in [0.05, 0.1) is 12.7 Å². The van der Waals surface area contributed by atoms with E-state index in [1.54, 1.807) is 0 Å². The predicted octanol–water partition coefficient (Wildman–Crippen LogP) is -0.981. The van der Waals surface area contributed by atoms with Crippen LogP contribution in [0.25, 0.3) is 0 Å². The lowest BCUT2D eigenvalue weighted by atomic mass is 9.92. The fourth-order valence-corrected chi connectivity index (χ4v) is 1.82. The molecule has 1 fully saturated rings. The molecule has 0 bridgehead atoms. The Balaban J connectivity index is 2.57. The third kappa shape index (κ3) is 2.89. The van der Waals surface area contributed by atoms with Crippen molar-refractivity contribution in [2.24, 2.45) is 0 Å². The van der Waals surface area contributed by atoms with Crippen LogP contribution in [0, 0.1) is 0 Å². The summed E-state index contributed by atoms with van der Waals surface area (Å²) in [7, 11) is 0. The molecular weight excluding hydrogens is 200 g/mol. The first-order chi connectivity index (χ1) is 7.11. The Morgan fingerprint density at radius 2 is 1.60 bits per heavy atom. The van der Waals surface area contributed by atoms with Crippen molar-refractivity contribution in [3.8, 4) is 0 Å². The first kappa shape index (κ1) is 12.9. The van der Waals surface area contributed by atoms with Gasteiger partial charge in [0.2, 0.25) is 0 Å². The van der Waals surface area contributed by atoms with E-state index in [4.69, 9.17) is 9.84 Å². The molecule has 5 heteroatoms. The Morgan fingerprint density at radius 1 is 1.00 bits per heavy atom. The average Bonchev–Trinajstić information content (AvgIpc) is 2.25. The molecule has 1 aliphatic heterocycles. The molecule has 5 nitrogen and oxygen atoms in total. The van der Waals surface area contributed by atoms with Crippen molar-refractivity contribution in [2.75, 3.05) is 6.61 Å². The van der Waals surface area contributed by atoms with Gasteiger partial charge in [-0.3, -0.25) is 0 Å². The summed E-state index contributed by atoms with van der Waals surface area (Å²) in [5.74, 6) is 0. The Morgan fingerprint density at radius 3 is 2.13 bits per heavy atom. The molecule has 15 heavy (non-hydrogen) atoms. The van der Waals surface area contributed by atoms with Crippen molar-refractivity contribution in [2.45, 2.75) is 56.7 Å². The van der Waals surface area contributed by atoms with Crippen molar-refractivity contribution < 1.29 is 25.2 Å². The molecule has 1 saturated heterocycles. The van der Waals surface area contributed by atoms with Gasteiger partial charge in [-0.2, -0.15) is 0 Å². The first-order valence-electron chi connectivity index (χ1n) is 5.42. The van der Waals surface area contributed by atoms with Gasteiger partial charge in [-0.25, -0.2) is 0 Å². The summed E-state index contributed by atoms with van der Waals surface area (Å²) in [5.41, 5.74) is 0. The Bertz CT molecular complexity index is 185. The van der Waals surface area contributed by atoms with Gasteiger partial charge in [-0.15, -0.1) is 0 Å². The summed E-state index contributed by atoms with van der Waals surface area (Å²) in [6, 6.07) is 0. The van der Waals surface area contributed by atoms with Gasteiger partial charge >= 0.3 is 0 Å². The number of hydrogen-bond donors (Lipinski definition) is 4. The predicted molar refractivity (Wildman–Crippen MR) is 53.3 cm³/mol. The molecular formula is C10H20O5. The molecule has 1 rings (SSSR count). The second-order valence-corrected chi connectivity index (χ2v) is 4.01. The molecule has 1 aliphatic rings. The topological polar surface area (TPSA) is 90.2 Å². The van der Waals surface area contributed by atoms with Crippen LogP contribution < -0.4 is 0 Å². The number of unbranched alkanes of at least 4 members (excludes halogenated alkanes) is 1. The first-order valence-corrected chi connectivity index (χ1v) is 5.42. The van der Waals surface area contributed by atoms with E-state index in [-0.39, 0.29) is 6.61 Å². The molecule has 0 unspecified atom stereocenters. The van der Waals surface area contributed by atoms with E-state index in [0.717, 1.165) is 12.8 Å². The fourth-order valence-electron chi connectivity index (χ4n) is 1.82. The lowest BCUT2D eigenvalue weighted by molar-refractivity contribution is -0.230. The zero-order valence-electron chi connectivity index (χ0n) is 8.91. The van der Waals surface area contributed by atoms with Crippen LogP contribution in [0.5, 0.6) is 0 Å². The third-order valence-electron chi connectivity index (χ3n) is 2.83. The standard InChI is InChI=1S/C10H20O5/c1-2-3-4-6-8(12)10(14)9(13)7(5-11)15-6/h6-14H,2-5H2,1H3/t6-,7+,8-,9-,10+/m0/s1. The van der Waals surface area contributed by atoms with Gasteiger partial charge in [0.25, 0.3) is 0 Å². The number of ether oxygens (including phenoxy) is 1. The van der Waals surface area contributed by atoms with Gasteiger partial charge < -0.3 is 25.2 Å². The van der Waals surface area contributed by atoms with Crippen molar-refractivity contribution in [1.29, 1.82) is 0 Å². The number of rotatable bonds is 4. The number of aliphatic hydroxyl groups excluding tert-OH is 4. The van der Waals surface area contributed by atoms with E-state index in [1.165, 1.54) is 0 Å². The van der Waals surface area contributed by atoms with E-state index in [2.05, 4.69) is 0 Å². The van der Waals surface area contributed by atoms with Crippen LogP contribution in [0.1, 0.15) is 26.2 Å². The van der Waals surface area contributed by atoms with Gasteiger partial charge in [-0.1, -0.05) is 19.8 Å². The van der Waals surface area contributed by atoms with Crippen LogP contribution in [-0.2, 0) is 4.74 Å². The summed E-state index contributed by atoms with van der Waals surface area (Å²) >= 11 is 0. The highest BCUT2D eigenvalue weighted by atomic mass is 16.5. The van der Waals surface area contributed by atoms with E-state index < -0.39 is 30.5 Å². The number of aliphatic hydroxyl groups is 4. The third-order valence-corrected chi connectivity index (χ3v) is 2.83. The zero-order valence-corrected chi connectivity index (χ0v) is 8.91. The lowest BCUT2D eigenvalue weighted by Gasteiger charge is -2.40. The molecule has 1 heterocycles. The quantitative estimate of drug-likeness (QED) is 0.489. The summed E-state index contributed by atoms with van der Waals surface area (Å²) in [6.45, 7) is 1.66. The highest BCUT2D eigenvalue weighted by Crippen LogP contribution is 2.24. The maximum absolute atomic E-state index is 9.63. The van der Waals surface area contributed by atoms with Gasteiger partial charge in [0, 0.05) is 0 Å². The molecule has 0 aromatic heterocycles. The van der Waals surface area contributed by atoms with Crippen LogP contribution in [-0.4, -0.2) is 57.6 Å². The summed E-state index contributed by atoms with van der Waals surface area (Å²) in [5, 5.41) is 37.5. The highest BCUT2D eigenvalue weighted by Gasteiger charge is 2.42. The molecule has 0 saturated carbocycles. The lowest BCUT2D eigenvalue weighted by Crippen LogP contribution is -2.58. The molecule has 0 aliphatic carbocycles. The molecule has 4 N–H and O–H groups in total. The minimum atomic E-state index is -1.24. The van der Waals surface area contributed by atoms with E-state index >= 15 is 0 Å². The molecule has 0 aromatic carbocycles. The summed E-state index contributed by atoms with van der Waals surface area (Å²) < 4.78 is 5.32. The summed E-state index contributed by atoms with van der Waals surface area (Å²) in [6.07, 6.45) is -2.36. The molecule has 5 atom stereocenters. The fraction of sp³-hybridized carbons (Fsp3) is 1.00. The van der Waals surface area contributed by atoms with Crippen LogP contribution in [0.3, 0.4) is 0 Å². The maximum atomic E-state index is 9.63. The number of hydrogen-bond acceptors (Lipinski definition) is 5. The molecule has 0 radical (unpaired) electrons. The molecule has 90 valence electrons. The van der Waals surface area contributed by atoms with Gasteiger partial charge in [0.15, 0.2) is 0 Å². The molecule has 0 amide bonds. The average molecular weight is 220 g/mol. The van der Waals surface area contributed by atoms with Crippen molar-refractivity contribution >= 4 is 0 Å². The van der Waals surface area contributed by atoms with Crippen LogP contribution in [0.2, 0.25) is 0 Å². The Hall–Kier alpha value is -0.200. The van der Waals surface area contributed by atoms with Crippen LogP contribution in [0.4, 0.5) is 0 Å². The van der Waals surface area contributed by atoms with E-state index in [9.17, 15) is 15.3 Å². The van der Waals surface area contributed by atoms with Crippen LogP contribution >= 0.6 is 0 Å². The van der Waals surface area contributed by atoms with Crippen LogP contribution in [0.15, 0.2) is 0 Å². The van der Waals surface area contributed by atoms with E-state index in [1.807, 2.05) is 6.92 Å². The second-order valence-electron chi connectivity index (χ2n) is 4.01. The largest absolute Gasteiger partial charge is 0.394 e. The van der Waals surface area contributed by atoms with E-state index in [0.29, 0.717) is 6.42 Å². The normalized spacial score (nSPS) is 41.8. The highest BCUT2D eigenvalue weighted by molar-refractivity contribution is 4.91. The van der Waals surface area contributed by atoms with Crippen molar-refractivity contribution in [3.05, 3.63) is 0 Å². The van der Waals surface area contributed by atoms with Gasteiger partial charge in [0.1, 0.15) is 24.4 Å². The minimum Gasteiger partial charge on any atom is -0.394 e. The van der Waals surface area contributed by atoms with Gasteiger partial charge in [-0.05, 0) is 6.42 Å². The minimum absolute atomic E-state index is 0.354. The summed E-state index contributed by atoms with van der Waals surface area (Å²) in [4.78, 5) is 0. The zero-order chi connectivity index (χ0) is 11.4.